The second-order valence-electron chi connectivity index (χ2n) is 5.81. The predicted molar refractivity (Wildman–Crippen MR) is 99.4 cm³/mol. The molecular weight excluding hydrogens is 378 g/mol. The number of hydrogen-bond acceptors (Lipinski definition) is 3. The molecule has 3 nitrogen and oxygen atoms in total. The zero-order valence-electron chi connectivity index (χ0n) is 14.0. The minimum atomic E-state index is -0.936. The number of aromatic nitrogens is 1. The zero-order chi connectivity index (χ0) is 18.8. The predicted octanol–water partition coefficient (Wildman–Crippen LogP) is 5.57. The third-order valence-electron chi connectivity index (χ3n) is 4.14. The molecule has 1 amide bonds. The van der Waals surface area contributed by atoms with Crippen molar-refractivity contribution in [2.24, 2.45) is 0 Å². The van der Waals surface area contributed by atoms with Gasteiger partial charge in [0.05, 0.1) is 6.04 Å². The van der Waals surface area contributed by atoms with E-state index in [1.54, 1.807) is 31.5 Å². The first-order valence-corrected chi connectivity index (χ1v) is 9.06. The van der Waals surface area contributed by atoms with Crippen molar-refractivity contribution in [3.05, 3.63) is 75.8 Å². The lowest BCUT2D eigenvalue weighted by Crippen LogP contribution is -2.30. The molecule has 3 rings (SSSR count). The standard InChI is InChI=1S/C19H15ClF2N2OS/c1-11(13-5-8-15(21)16(22)9-13)24(2)19(25)17-10-26-18(23-17)12-3-6-14(20)7-4-12/h3-11H,1-2H3. The van der Waals surface area contributed by atoms with E-state index < -0.39 is 17.7 Å². The van der Waals surface area contributed by atoms with Crippen molar-refractivity contribution in [3.63, 3.8) is 0 Å². The number of nitrogens with zero attached hydrogens (tertiary/aromatic N) is 2. The summed E-state index contributed by atoms with van der Waals surface area (Å²) in [5.41, 5.74) is 1.68. The summed E-state index contributed by atoms with van der Waals surface area (Å²) in [6.45, 7) is 1.75. The van der Waals surface area contributed by atoms with Crippen LogP contribution in [0.25, 0.3) is 10.6 Å². The van der Waals surface area contributed by atoms with Crippen LogP contribution in [-0.2, 0) is 0 Å². The van der Waals surface area contributed by atoms with Crippen molar-refractivity contribution in [2.75, 3.05) is 7.05 Å². The van der Waals surface area contributed by atoms with Crippen molar-refractivity contribution in [2.45, 2.75) is 13.0 Å². The number of benzene rings is 2. The van der Waals surface area contributed by atoms with Crippen LogP contribution in [0.4, 0.5) is 8.78 Å². The van der Waals surface area contributed by atoms with Crippen molar-refractivity contribution >= 4 is 28.8 Å². The van der Waals surface area contributed by atoms with Gasteiger partial charge in [-0.25, -0.2) is 13.8 Å². The second kappa shape index (κ2) is 7.51. The summed E-state index contributed by atoms with van der Waals surface area (Å²) in [6.07, 6.45) is 0. The Hall–Kier alpha value is -2.31. The molecule has 0 spiro atoms. The van der Waals surface area contributed by atoms with Crippen LogP contribution in [0.3, 0.4) is 0 Å². The van der Waals surface area contributed by atoms with E-state index >= 15 is 0 Å². The molecule has 0 aliphatic rings. The monoisotopic (exact) mass is 392 g/mol. The van der Waals surface area contributed by atoms with Crippen molar-refractivity contribution in [1.82, 2.24) is 9.88 Å². The summed E-state index contributed by atoms with van der Waals surface area (Å²) < 4.78 is 26.6. The molecule has 0 aliphatic heterocycles. The first-order valence-electron chi connectivity index (χ1n) is 7.80. The summed E-state index contributed by atoms with van der Waals surface area (Å²) in [4.78, 5) is 18.5. The highest BCUT2D eigenvalue weighted by molar-refractivity contribution is 7.13. The Morgan fingerprint density at radius 2 is 1.85 bits per heavy atom. The van der Waals surface area contributed by atoms with Gasteiger partial charge in [0.2, 0.25) is 0 Å². The average molecular weight is 393 g/mol. The van der Waals surface area contributed by atoms with Gasteiger partial charge in [0.25, 0.3) is 5.91 Å². The van der Waals surface area contributed by atoms with Crippen LogP contribution in [0, 0.1) is 11.6 Å². The average Bonchev–Trinajstić information content (AvgIpc) is 3.13. The maximum Gasteiger partial charge on any atom is 0.273 e. The number of carbonyl (C=O) groups excluding carboxylic acids is 1. The van der Waals surface area contributed by atoms with E-state index in [-0.39, 0.29) is 5.91 Å². The van der Waals surface area contributed by atoms with Gasteiger partial charge in [-0.05, 0) is 36.8 Å². The fourth-order valence-electron chi connectivity index (χ4n) is 2.45. The number of thiazole rings is 1. The fraction of sp³-hybridized carbons (Fsp3) is 0.158. The third kappa shape index (κ3) is 3.76. The Labute approximate surface area is 158 Å². The molecule has 0 bridgehead atoms. The van der Waals surface area contributed by atoms with E-state index in [4.69, 9.17) is 11.6 Å². The first kappa shape index (κ1) is 18.5. The molecule has 0 N–H and O–H groups in total. The number of halogens is 3. The highest BCUT2D eigenvalue weighted by atomic mass is 35.5. The number of rotatable bonds is 4. The van der Waals surface area contributed by atoms with Gasteiger partial charge in [-0.1, -0.05) is 29.8 Å². The Balaban J connectivity index is 1.80. The molecule has 0 radical (unpaired) electrons. The molecule has 0 saturated carbocycles. The number of amides is 1. The molecule has 1 atom stereocenters. The Kier molecular flexibility index (Phi) is 5.34. The van der Waals surface area contributed by atoms with Crippen LogP contribution in [-0.4, -0.2) is 22.8 Å². The molecule has 0 saturated heterocycles. The van der Waals surface area contributed by atoms with Gasteiger partial charge < -0.3 is 4.90 Å². The summed E-state index contributed by atoms with van der Waals surface area (Å²) in [7, 11) is 1.61. The number of carbonyl (C=O) groups is 1. The highest BCUT2D eigenvalue weighted by Gasteiger charge is 2.22. The largest absolute Gasteiger partial charge is 0.334 e. The third-order valence-corrected chi connectivity index (χ3v) is 5.29. The molecule has 134 valence electrons. The second-order valence-corrected chi connectivity index (χ2v) is 7.10. The molecule has 7 heteroatoms. The van der Waals surface area contributed by atoms with Crippen LogP contribution >= 0.6 is 22.9 Å². The van der Waals surface area contributed by atoms with E-state index in [0.717, 1.165) is 17.7 Å². The lowest BCUT2D eigenvalue weighted by atomic mass is 10.1. The maximum absolute atomic E-state index is 13.4. The Bertz CT molecular complexity index is 943. The molecule has 1 heterocycles. The summed E-state index contributed by atoms with van der Waals surface area (Å²) in [6, 6.07) is 10.4. The number of hydrogen-bond donors (Lipinski definition) is 0. The van der Waals surface area contributed by atoms with Crippen LogP contribution in [0.1, 0.15) is 29.0 Å². The van der Waals surface area contributed by atoms with E-state index in [1.165, 1.54) is 22.3 Å². The fourth-order valence-corrected chi connectivity index (χ4v) is 3.38. The van der Waals surface area contributed by atoms with Gasteiger partial charge in [0.1, 0.15) is 10.7 Å². The Morgan fingerprint density at radius 3 is 2.50 bits per heavy atom. The maximum atomic E-state index is 13.4. The van der Waals surface area contributed by atoms with E-state index in [9.17, 15) is 13.6 Å². The molecule has 26 heavy (non-hydrogen) atoms. The topological polar surface area (TPSA) is 33.2 Å². The lowest BCUT2D eigenvalue weighted by Gasteiger charge is -2.24. The van der Waals surface area contributed by atoms with Crippen LogP contribution in [0.2, 0.25) is 5.02 Å². The zero-order valence-corrected chi connectivity index (χ0v) is 15.6. The lowest BCUT2D eigenvalue weighted by molar-refractivity contribution is 0.0737. The van der Waals surface area contributed by atoms with Gasteiger partial charge in [0.15, 0.2) is 11.6 Å². The molecular formula is C19H15ClF2N2OS. The molecule has 2 aromatic carbocycles. The minimum Gasteiger partial charge on any atom is -0.334 e. The van der Waals surface area contributed by atoms with Gasteiger partial charge in [-0.15, -0.1) is 11.3 Å². The van der Waals surface area contributed by atoms with E-state index in [1.807, 2.05) is 12.1 Å². The molecule has 1 unspecified atom stereocenters. The summed E-state index contributed by atoms with van der Waals surface area (Å²) in [5, 5.41) is 3.02. The van der Waals surface area contributed by atoms with Gasteiger partial charge in [-0.2, -0.15) is 0 Å². The van der Waals surface area contributed by atoms with E-state index in [2.05, 4.69) is 4.98 Å². The first-order chi connectivity index (χ1) is 12.4. The smallest absolute Gasteiger partial charge is 0.273 e. The molecule has 0 fully saturated rings. The SMILES string of the molecule is CC(c1ccc(F)c(F)c1)N(C)C(=O)c1csc(-c2ccc(Cl)cc2)n1. The molecule has 3 aromatic rings. The highest BCUT2D eigenvalue weighted by Crippen LogP contribution is 2.27. The minimum absolute atomic E-state index is 0.293. The molecule has 0 aliphatic carbocycles. The van der Waals surface area contributed by atoms with Crippen molar-refractivity contribution in [3.8, 4) is 10.6 Å². The van der Waals surface area contributed by atoms with Crippen LogP contribution < -0.4 is 0 Å². The summed E-state index contributed by atoms with van der Waals surface area (Å²) in [5.74, 6) is -2.14. The van der Waals surface area contributed by atoms with Crippen LogP contribution in [0.5, 0.6) is 0 Å². The van der Waals surface area contributed by atoms with Gasteiger partial charge in [0, 0.05) is 23.0 Å². The van der Waals surface area contributed by atoms with E-state index in [0.29, 0.717) is 21.3 Å². The summed E-state index contributed by atoms with van der Waals surface area (Å²) >= 11 is 7.24. The van der Waals surface area contributed by atoms with Gasteiger partial charge in [-0.3, -0.25) is 4.79 Å². The molecule has 1 aromatic heterocycles. The normalized spacial score (nSPS) is 12.0. The van der Waals surface area contributed by atoms with Gasteiger partial charge >= 0.3 is 0 Å². The Morgan fingerprint density at radius 1 is 1.15 bits per heavy atom. The van der Waals surface area contributed by atoms with Crippen molar-refractivity contribution < 1.29 is 13.6 Å². The van der Waals surface area contributed by atoms with Crippen molar-refractivity contribution in [1.29, 1.82) is 0 Å². The quantitative estimate of drug-likeness (QED) is 0.581. The van der Waals surface area contributed by atoms with Crippen LogP contribution in [0.15, 0.2) is 47.8 Å².